The third kappa shape index (κ3) is 4.81. The fraction of sp³-hybridized carbons (Fsp3) is 0.174. The summed E-state index contributed by atoms with van der Waals surface area (Å²) in [5, 5.41) is 0.660. The molecule has 6 heteroatoms. The molecule has 0 N–H and O–H groups in total. The second-order valence-corrected chi connectivity index (χ2v) is 7.26. The summed E-state index contributed by atoms with van der Waals surface area (Å²) < 4.78 is 0. The lowest BCUT2D eigenvalue weighted by Gasteiger charge is -2.35. The predicted molar refractivity (Wildman–Crippen MR) is 117 cm³/mol. The molecule has 4 rings (SSSR count). The average molecular weight is 405 g/mol. The summed E-state index contributed by atoms with van der Waals surface area (Å²) >= 11 is 5.99. The molecule has 0 aliphatic carbocycles. The summed E-state index contributed by atoms with van der Waals surface area (Å²) in [7, 11) is 0. The minimum atomic E-state index is 0.0114. The van der Waals surface area contributed by atoms with E-state index in [2.05, 4.69) is 14.9 Å². The van der Waals surface area contributed by atoms with Gasteiger partial charge >= 0.3 is 0 Å². The molecule has 29 heavy (non-hydrogen) atoms. The summed E-state index contributed by atoms with van der Waals surface area (Å²) in [5.41, 5.74) is 2.88. The van der Waals surface area contributed by atoms with E-state index in [1.165, 1.54) is 0 Å². The van der Waals surface area contributed by atoms with Crippen molar-refractivity contribution in [1.82, 2.24) is 14.9 Å². The van der Waals surface area contributed by atoms with Crippen LogP contribution in [-0.4, -0.2) is 47.0 Å². The van der Waals surface area contributed by atoms with Crippen LogP contribution in [0.2, 0.25) is 5.02 Å². The zero-order valence-electron chi connectivity index (χ0n) is 15.9. The van der Waals surface area contributed by atoms with Crippen molar-refractivity contribution in [3.8, 4) is 11.3 Å². The van der Waals surface area contributed by atoms with Gasteiger partial charge in [0.05, 0.1) is 5.69 Å². The molecule has 3 aromatic rings. The van der Waals surface area contributed by atoms with Gasteiger partial charge in [0.15, 0.2) is 0 Å². The molecule has 1 aromatic heterocycles. The molecule has 5 nitrogen and oxygen atoms in total. The summed E-state index contributed by atoms with van der Waals surface area (Å²) in [5.74, 6) is 0.901. The molecule has 2 aromatic carbocycles. The van der Waals surface area contributed by atoms with Gasteiger partial charge in [-0.1, -0.05) is 54.1 Å². The minimum Gasteiger partial charge on any atom is -0.353 e. The van der Waals surface area contributed by atoms with E-state index in [0.29, 0.717) is 18.1 Å². The van der Waals surface area contributed by atoms with Crippen molar-refractivity contribution in [2.45, 2.75) is 0 Å². The van der Waals surface area contributed by atoms with Gasteiger partial charge in [-0.15, -0.1) is 0 Å². The molecule has 1 amide bonds. The highest BCUT2D eigenvalue weighted by Gasteiger charge is 2.21. The van der Waals surface area contributed by atoms with Crippen LogP contribution in [0.25, 0.3) is 17.3 Å². The number of rotatable bonds is 4. The molecule has 0 unspecified atom stereocenters. The molecular formula is C23H21ClN4O. The highest BCUT2D eigenvalue weighted by molar-refractivity contribution is 6.30. The number of piperazine rings is 1. The maximum absolute atomic E-state index is 12.5. The normalized spacial score (nSPS) is 14.4. The number of carbonyl (C=O) groups is 1. The van der Waals surface area contributed by atoms with Crippen molar-refractivity contribution in [2.24, 2.45) is 0 Å². The monoisotopic (exact) mass is 404 g/mol. The lowest BCUT2D eigenvalue weighted by molar-refractivity contribution is -0.126. The van der Waals surface area contributed by atoms with E-state index in [0.717, 1.165) is 35.7 Å². The Bertz CT molecular complexity index is 1010. The summed E-state index contributed by atoms with van der Waals surface area (Å²) in [6, 6.07) is 19.5. The Balaban J connectivity index is 1.37. The third-order valence-electron chi connectivity index (χ3n) is 4.90. The first-order valence-electron chi connectivity index (χ1n) is 9.54. The van der Waals surface area contributed by atoms with Gasteiger partial charge in [0.25, 0.3) is 0 Å². The van der Waals surface area contributed by atoms with Crippen LogP contribution in [-0.2, 0) is 4.79 Å². The number of aromatic nitrogens is 2. The highest BCUT2D eigenvalue weighted by atomic mass is 35.5. The van der Waals surface area contributed by atoms with Crippen LogP contribution in [0, 0.1) is 0 Å². The molecule has 1 fully saturated rings. The van der Waals surface area contributed by atoms with Gasteiger partial charge in [-0.25, -0.2) is 9.97 Å². The number of nitrogens with zero attached hydrogens (tertiary/aromatic N) is 4. The zero-order chi connectivity index (χ0) is 20.1. The maximum atomic E-state index is 12.5. The molecule has 0 spiro atoms. The van der Waals surface area contributed by atoms with Crippen LogP contribution in [0.4, 0.5) is 5.82 Å². The fourth-order valence-corrected chi connectivity index (χ4v) is 3.52. The van der Waals surface area contributed by atoms with Gasteiger partial charge in [0.1, 0.15) is 12.1 Å². The number of carbonyl (C=O) groups excluding carboxylic acids is 1. The predicted octanol–water partition coefficient (Wildman–Crippen LogP) is 4.16. The standard InChI is InChI=1S/C23H21ClN4O/c24-20-8-4-5-18(15-20)9-10-23(29)28-13-11-27(12-14-28)22-16-21(25-17-26-22)19-6-2-1-3-7-19/h1-10,15-17H,11-14H2/b10-9+. The quantitative estimate of drug-likeness (QED) is 0.613. The van der Waals surface area contributed by atoms with Gasteiger partial charge in [0.2, 0.25) is 5.91 Å². The van der Waals surface area contributed by atoms with Crippen LogP contribution in [0.5, 0.6) is 0 Å². The highest BCUT2D eigenvalue weighted by Crippen LogP contribution is 2.21. The van der Waals surface area contributed by atoms with E-state index in [1.54, 1.807) is 18.5 Å². The smallest absolute Gasteiger partial charge is 0.246 e. The van der Waals surface area contributed by atoms with Crippen molar-refractivity contribution in [1.29, 1.82) is 0 Å². The first-order chi connectivity index (χ1) is 14.2. The lowest BCUT2D eigenvalue weighted by atomic mass is 10.1. The van der Waals surface area contributed by atoms with Crippen molar-refractivity contribution in [3.63, 3.8) is 0 Å². The average Bonchev–Trinajstić information content (AvgIpc) is 2.78. The fourth-order valence-electron chi connectivity index (χ4n) is 3.33. The van der Waals surface area contributed by atoms with E-state index >= 15 is 0 Å². The molecule has 1 aliphatic rings. The Labute approximate surface area is 175 Å². The molecule has 0 saturated carbocycles. The number of hydrogen-bond donors (Lipinski definition) is 0. The molecule has 146 valence electrons. The molecular weight excluding hydrogens is 384 g/mol. The van der Waals surface area contributed by atoms with Crippen molar-refractivity contribution in [3.05, 3.63) is 83.7 Å². The van der Waals surface area contributed by atoms with Crippen molar-refractivity contribution >= 4 is 29.4 Å². The number of amides is 1. The van der Waals surface area contributed by atoms with Gasteiger partial charge in [-0.3, -0.25) is 4.79 Å². The largest absolute Gasteiger partial charge is 0.353 e. The number of halogens is 1. The Hall–Kier alpha value is -3.18. The Morgan fingerprint density at radius 3 is 2.48 bits per heavy atom. The first-order valence-corrected chi connectivity index (χ1v) is 9.92. The van der Waals surface area contributed by atoms with Crippen LogP contribution < -0.4 is 4.90 Å². The second-order valence-electron chi connectivity index (χ2n) is 6.83. The SMILES string of the molecule is O=C(/C=C/c1cccc(Cl)c1)N1CCN(c2cc(-c3ccccc3)ncn2)CC1. The maximum Gasteiger partial charge on any atom is 0.246 e. The Kier molecular flexibility index (Phi) is 5.86. The van der Waals surface area contributed by atoms with E-state index in [-0.39, 0.29) is 5.91 Å². The van der Waals surface area contributed by atoms with E-state index < -0.39 is 0 Å². The topological polar surface area (TPSA) is 49.3 Å². The molecule has 1 saturated heterocycles. The lowest BCUT2D eigenvalue weighted by Crippen LogP contribution is -2.48. The van der Waals surface area contributed by atoms with Crippen LogP contribution in [0.3, 0.4) is 0 Å². The molecule has 1 aliphatic heterocycles. The molecule has 0 atom stereocenters. The number of anilines is 1. The van der Waals surface area contributed by atoms with Crippen LogP contribution >= 0.6 is 11.6 Å². The summed E-state index contributed by atoms with van der Waals surface area (Å²) in [4.78, 5) is 25.4. The van der Waals surface area contributed by atoms with E-state index in [9.17, 15) is 4.79 Å². The van der Waals surface area contributed by atoms with Gasteiger partial charge in [-0.2, -0.15) is 0 Å². The summed E-state index contributed by atoms with van der Waals surface area (Å²) in [6.07, 6.45) is 5.01. The third-order valence-corrected chi connectivity index (χ3v) is 5.14. The molecule has 0 radical (unpaired) electrons. The van der Waals surface area contributed by atoms with Crippen LogP contribution in [0.15, 0.2) is 73.1 Å². The minimum absolute atomic E-state index is 0.0114. The van der Waals surface area contributed by atoms with E-state index in [4.69, 9.17) is 11.6 Å². The van der Waals surface area contributed by atoms with Gasteiger partial charge in [-0.05, 0) is 23.8 Å². The Morgan fingerprint density at radius 2 is 1.72 bits per heavy atom. The number of hydrogen-bond acceptors (Lipinski definition) is 4. The van der Waals surface area contributed by atoms with Gasteiger partial charge < -0.3 is 9.80 Å². The van der Waals surface area contributed by atoms with E-state index in [1.807, 2.05) is 65.6 Å². The first kappa shape index (κ1) is 19.2. The zero-order valence-corrected chi connectivity index (χ0v) is 16.7. The van der Waals surface area contributed by atoms with Crippen molar-refractivity contribution < 1.29 is 4.79 Å². The number of benzene rings is 2. The summed E-state index contributed by atoms with van der Waals surface area (Å²) in [6.45, 7) is 2.79. The Morgan fingerprint density at radius 1 is 0.931 bits per heavy atom. The van der Waals surface area contributed by atoms with Crippen LogP contribution in [0.1, 0.15) is 5.56 Å². The molecule has 0 bridgehead atoms. The molecule has 2 heterocycles. The van der Waals surface area contributed by atoms with Gasteiger partial charge in [0, 0.05) is 48.9 Å². The van der Waals surface area contributed by atoms with Crippen molar-refractivity contribution in [2.75, 3.05) is 31.1 Å². The second kappa shape index (κ2) is 8.88.